The van der Waals surface area contributed by atoms with E-state index in [9.17, 15) is 0 Å². The zero-order valence-corrected chi connectivity index (χ0v) is 11.0. The van der Waals surface area contributed by atoms with Gasteiger partial charge in [0, 0.05) is 11.6 Å². The van der Waals surface area contributed by atoms with Crippen molar-refractivity contribution in [3.05, 3.63) is 46.2 Å². The van der Waals surface area contributed by atoms with Crippen LogP contribution in [0.25, 0.3) is 21.3 Å². The van der Waals surface area contributed by atoms with Gasteiger partial charge in [-0.05, 0) is 24.3 Å². The molecule has 17 heavy (non-hydrogen) atoms. The third-order valence-corrected chi connectivity index (χ3v) is 4.33. The van der Waals surface area contributed by atoms with Gasteiger partial charge >= 0.3 is 0 Å². The van der Waals surface area contributed by atoms with E-state index in [1.807, 2.05) is 35.7 Å². The van der Waals surface area contributed by atoms with Gasteiger partial charge in [-0.25, -0.2) is 4.98 Å². The first-order valence-electron chi connectivity index (χ1n) is 4.95. The molecule has 84 valence electrons. The Bertz CT molecular complexity index is 631. The van der Waals surface area contributed by atoms with Gasteiger partial charge in [-0.2, -0.15) is 0 Å². The number of rotatable bonds is 2. The Morgan fingerprint density at radius 2 is 2.00 bits per heavy atom. The molecule has 3 aromatic heterocycles. The van der Waals surface area contributed by atoms with Gasteiger partial charge in [0.05, 0.1) is 20.6 Å². The zero-order chi connectivity index (χ0) is 11.7. The number of nitrogens with zero attached hydrogens (tertiary/aromatic N) is 2. The van der Waals surface area contributed by atoms with Gasteiger partial charge < -0.3 is 0 Å². The smallest absolute Gasteiger partial charge is 0.142 e. The van der Waals surface area contributed by atoms with Gasteiger partial charge in [0.15, 0.2) is 0 Å². The van der Waals surface area contributed by atoms with Crippen LogP contribution < -0.4 is 0 Å². The summed E-state index contributed by atoms with van der Waals surface area (Å²) in [4.78, 5) is 9.95. The van der Waals surface area contributed by atoms with Gasteiger partial charge in [0.2, 0.25) is 0 Å². The predicted molar refractivity (Wildman–Crippen MR) is 73.7 cm³/mol. The molecule has 2 nitrogen and oxygen atoms in total. The van der Waals surface area contributed by atoms with Crippen molar-refractivity contribution in [1.29, 1.82) is 0 Å². The second kappa shape index (κ2) is 4.56. The summed E-state index contributed by atoms with van der Waals surface area (Å²) in [5.74, 6) is 0. The van der Waals surface area contributed by atoms with Crippen molar-refractivity contribution in [2.75, 3.05) is 0 Å². The Morgan fingerprint density at radius 3 is 2.71 bits per heavy atom. The molecule has 0 aliphatic rings. The second-order valence-electron chi connectivity index (χ2n) is 3.36. The summed E-state index contributed by atoms with van der Waals surface area (Å²) < 4.78 is 0.785. The first kappa shape index (κ1) is 10.9. The molecule has 0 aliphatic heterocycles. The van der Waals surface area contributed by atoms with Crippen LogP contribution in [0.2, 0.25) is 4.34 Å². The van der Waals surface area contributed by atoms with Crippen molar-refractivity contribution in [1.82, 2.24) is 9.97 Å². The van der Waals surface area contributed by atoms with Crippen LogP contribution in [0.4, 0.5) is 0 Å². The Morgan fingerprint density at radius 1 is 1.06 bits per heavy atom. The quantitative estimate of drug-likeness (QED) is 0.685. The van der Waals surface area contributed by atoms with Crippen LogP contribution in [0.15, 0.2) is 41.9 Å². The van der Waals surface area contributed by atoms with Crippen LogP contribution in [0, 0.1) is 0 Å². The van der Waals surface area contributed by atoms with Crippen molar-refractivity contribution in [3.8, 4) is 21.3 Å². The number of hydrogen-bond donors (Lipinski definition) is 0. The van der Waals surface area contributed by atoms with E-state index in [0.29, 0.717) is 0 Å². The maximum absolute atomic E-state index is 5.92. The fourth-order valence-corrected chi connectivity index (χ4v) is 3.32. The number of pyridine rings is 1. The summed E-state index contributed by atoms with van der Waals surface area (Å²) >= 11 is 9.05. The monoisotopic (exact) mass is 278 g/mol. The molecule has 3 rings (SSSR count). The molecule has 0 unspecified atom stereocenters. The molecule has 5 heteroatoms. The summed E-state index contributed by atoms with van der Waals surface area (Å²) in [6, 6.07) is 9.71. The average molecular weight is 279 g/mol. The van der Waals surface area contributed by atoms with E-state index >= 15 is 0 Å². The molecule has 0 amide bonds. The summed E-state index contributed by atoms with van der Waals surface area (Å²) in [5.41, 5.74) is 1.87. The highest BCUT2D eigenvalue weighted by Crippen LogP contribution is 2.33. The molecule has 0 spiro atoms. The summed E-state index contributed by atoms with van der Waals surface area (Å²) in [5, 5.41) is 2.97. The summed E-state index contributed by atoms with van der Waals surface area (Å²) in [6.45, 7) is 0. The minimum absolute atomic E-state index is 0.785. The molecule has 0 atom stereocenters. The van der Waals surface area contributed by atoms with Gasteiger partial charge in [-0.3, -0.25) is 4.98 Å². The Balaban J connectivity index is 1.99. The molecule has 3 heterocycles. The molecule has 0 saturated heterocycles. The van der Waals surface area contributed by atoms with Crippen molar-refractivity contribution in [2.45, 2.75) is 0 Å². The van der Waals surface area contributed by atoms with E-state index in [1.54, 1.807) is 17.5 Å². The molecule has 0 radical (unpaired) electrons. The highest BCUT2D eigenvalue weighted by molar-refractivity contribution is 7.19. The number of thiazole rings is 1. The van der Waals surface area contributed by atoms with E-state index in [1.165, 1.54) is 11.3 Å². The SMILES string of the molecule is Clc1ccc(-c2csc(-c3ccccn3)n2)s1. The normalized spacial score (nSPS) is 10.6. The van der Waals surface area contributed by atoms with E-state index in [0.717, 1.165) is 25.6 Å². The fourth-order valence-electron chi connectivity index (χ4n) is 1.45. The van der Waals surface area contributed by atoms with Crippen molar-refractivity contribution in [2.24, 2.45) is 0 Å². The summed E-state index contributed by atoms with van der Waals surface area (Å²) in [7, 11) is 0. The highest BCUT2D eigenvalue weighted by Gasteiger charge is 2.08. The topological polar surface area (TPSA) is 25.8 Å². The number of hydrogen-bond acceptors (Lipinski definition) is 4. The Kier molecular flexibility index (Phi) is 2.93. The Hall–Kier alpha value is -1.23. The third-order valence-electron chi connectivity index (χ3n) is 2.21. The number of aromatic nitrogens is 2. The summed E-state index contributed by atoms with van der Waals surface area (Å²) in [6.07, 6.45) is 1.78. The van der Waals surface area contributed by atoms with Gasteiger partial charge in [0.25, 0.3) is 0 Å². The first-order chi connectivity index (χ1) is 8.33. The lowest BCUT2D eigenvalue weighted by molar-refractivity contribution is 1.29. The first-order valence-corrected chi connectivity index (χ1v) is 7.03. The largest absolute Gasteiger partial charge is 0.254 e. The molecule has 3 aromatic rings. The average Bonchev–Trinajstić information content (AvgIpc) is 2.98. The minimum atomic E-state index is 0.785. The van der Waals surface area contributed by atoms with Crippen molar-refractivity contribution in [3.63, 3.8) is 0 Å². The maximum Gasteiger partial charge on any atom is 0.142 e. The second-order valence-corrected chi connectivity index (χ2v) is 5.93. The van der Waals surface area contributed by atoms with Crippen LogP contribution in [-0.2, 0) is 0 Å². The standard InChI is InChI=1S/C12H7ClN2S2/c13-11-5-4-10(17-11)9-7-16-12(15-9)8-3-1-2-6-14-8/h1-7H. The minimum Gasteiger partial charge on any atom is -0.254 e. The molecule has 0 N–H and O–H groups in total. The lowest BCUT2D eigenvalue weighted by Crippen LogP contribution is -1.80. The predicted octanol–water partition coefficient (Wildman–Crippen LogP) is 4.59. The molecule has 0 aromatic carbocycles. The molecule has 0 fully saturated rings. The lowest BCUT2D eigenvalue weighted by Gasteiger charge is -1.92. The molecular weight excluding hydrogens is 272 g/mol. The molecule has 0 aliphatic carbocycles. The lowest BCUT2D eigenvalue weighted by atomic mass is 10.3. The van der Waals surface area contributed by atoms with Gasteiger partial charge in [-0.1, -0.05) is 17.7 Å². The molecule has 0 bridgehead atoms. The zero-order valence-electron chi connectivity index (χ0n) is 8.63. The van der Waals surface area contributed by atoms with Crippen LogP contribution in [0.1, 0.15) is 0 Å². The number of thiophene rings is 1. The van der Waals surface area contributed by atoms with Crippen molar-refractivity contribution >= 4 is 34.3 Å². The maximum atomic E-state index is 5.92. The highest BCUT2D eigenvalue weighted by atomic mass is 35.5. The van der Waals surface area contributed by atoms with E-state index in [-0.39, 0.29) is 0 Å². The van der Waals surface area contributed by atoms with Crippen LogP contribution in [0.5, 0.6) is 0 Å². The van der Waals surface area contributed by atoms with Crippen LogP contribution in [0.3, 0.4) is 0 Å². The Labute approximate surface area is 112 Å². The van der Waals surface area contributed by atoms with E-state index in [4.69, 9.17) is 11.6 Å². The fraction of sp³-hybridized carbons (Fsp3) is 0. The van der Waals surface area contributed by atoms with Crippen LogP contribution >= 0.6 is 34.3 Å². The molecule has 0 saturated carbocycles. The molecular formula is C12H7ClN2S2. The van der Waals surface area contributed by atoms with Gasteiger partial charge in [0.1, 0.15) is 5.01 Å². The van der Waals surface area contributed by atoms with Gasteiger partial charge in [-0.15, -0.1) is 22.7 Å². The van der Waals surface area contributed by atoms with E-state index in [2.05, 4.69) is 9.97 Å². The van der Waals surface area contributed by atoms with Crippen LogP contribution in [-0.4, -0.2) is 9.97 Å². The van der Waals surface area contributed by atoms with Crippen molar-refractivity contribution < 1.29 is 0 Å². The number of halogens is 1. The third kappa shape index (κ3) is 2.24. The van der Waals surface area contributed by atoms with E-state index < -0.39 is 0 Å².